The lowest BCUT2D eigenvalue weighted by atomic mass is 9.96. The maximum Gasteiger partial charge on any atom is 0.225 e. The van der Waals surface area contributed by atoms with Crippen LogP contribution in [0.2, 0.25) is 0 Å². The number of hydrogen-bond donors (Lipinski definition) is 1. The van der Waals surface area contributed by atoms with Crippen molar-refractivity contribution in [2.45, 2.75) is 18.6 Å². The number of carbonyl (C=O) groups excluding carboxylic acids is 1. The molecule has 2 saturated heterocycles. The molecule has 32 heavy (non-hydrogen) atoms. The fourth-order valence-corrected chi connectivity index (χ4v) is 4.11. The topological polar surface area (TPSA) is 71.5 Å². The van der Waals surface area contributed by atoms with E-state index in [9.17, 15) is 14.3 Å². The third-order valence-electron chi connectivity index (χ3n) is 5.82. The largest absolute Gasteiger partial charge is 0.508 e. The summed E-state index contributed by atoms with van der Waals surface area (Å²) in [5.41, 5.74) is 0.247. The molecule has 1 atom stereocenters. The monoisotopic (exact) mass is 444 g/mol. The highest BCUT2D eigenvalue weighted by Crippen LogP contribution is 2.27. The molecule has 2 aromatic carbocycles. The Balaban J connectivity index is 1.47. The van der Waals surface area contributed by atoms with Crippen molar-refractivity contribution in [2.24, 2.45) is 0 Å². The first-order chi connectivity index (χ1) is 15.5. The van der Waals surface area contributed by atoms with E-state index in [1.165, 1.54) is 12.1 Å². The summed E-state index contributed by atoms with van der Waals surface area (Å²) in [5, 5.41) is 9.54. The number of phenolic OH excluding ortho intramolecular Hbond substituents is 1. The normalized spacial score (nSPS) is 22.0. The van der Waals surface area contributed by atoms with Gasteiger partial charge in [-0.1, -0.05) is 12.1 Å². The zero-order chi connectivity index (χ0) is 22.4. The average Bonchev–Trinajstić information content (AvgIpc) is 2.81. The number of amides is 1. The van der Waals surface area contributed by atoms with E-state index in [1.807, 2.05) is 17.0 Å². The Hall–Kier alpha value is -2.68. The fourth-order valence-electron chi connectivity index (χ4n) is 4.11. The Labute approximate surface area is 187 Å². The Morgan fingerprint density at radius 2 is 1.75 bits per heavy atom. The summed E-state index contributed by atoms with van der Waals surface area (Å²) >= 11 is 0. The number of benzene rings is 2. The molecule has 2 fully saturated rings. The summed E-state index contributed by atoms with van der Waals surface area (Å²) in [6.45, 7) is 4.80. The lowest BCUT2D eigenvalue weighted by Gasteiger charge is -2.43. The van der Waals surface area contributed by atoms with E-state index in [0.717, 1.165) is 12.1 Å². The summed E-state index contributed by atoms with van der Waals surface area (Å²) in [6.07, 6.45) is 0.195. The van der Waals surface area contributed by atoms with Gasteiger partial charge in [-0.25, -0.2) is 4.39 Å². The smallest absolute Gasteiger partial charge is 0.225 e. The summed E-state index contributed by atoms with van der Waals surface area (Å²) in [5.74, 6) is 0.448. The molecule has 7 nitrogen and oxygen atoms in total. The number of morpholine rings is 2. The van der Waals surface area contributed by atoms with Gasteiger partial charge in [-0.3, -0.25) is 9.69 Å². The minimum Gasteiger partial charge on any atom is -0.508 e. The zero-order valence-electron chi connectivity index (χ0n) is 18.0. The molecule has 8 heteroatoms. The molecule has 0 aromatic heterocycles. The molecule has 4 rings (SSSR count). The Morgan fingerprint density at radius 1 is 1.03 bits per heavy atom. The minimum absolute atomic E-state index is 0.0162. The van der Waals surface area contributed by atoms with Gasteiger partial charge in [-0.05, 0) is 42.0 Å². The predicted molar refractivity (Wildman–Crippen MR) is 116 cm³/mol. The van der Waals surface area contributed by atoms with Gasteiger partial charge in [0.05, 0.1) is 26.2 Å². The fraction of sp³-hybridized carbons (Fsp3) is 0.458. The standard InChI is InChI=1S/C24H29FN2O5/c25-20-3-7-22(8-4-20)31-18-24(15-23(29)27-10-12-30-13-11-27)17-26(9-14-32-24)16-19-1-5-21(28)6-2-19/h1-8,28H,9-18H2/t24-/m0/s1. The van der Waals surface area contributed by atoms with Gasteiger partial charge >= 0.3 is 0 Å². The molecule has 1 amide bonds. The lowest BCUT2D eigenvalue weighted by Crippen LogP contribution is -2.57. The van der Waals surface area contributed by atoms with Crippen molar-refractivity contribution in [3.05, 3.63) is 59.9 Å². The second kappa shape index (κ2) is 10.3. The van der Waals surface area contributed by atoms with Crippen LogP contribution < -0.4 is 4.74 Å². The third-order valence-corrected chi connectivity index (χ3v) is 5.82. The number of aromatic hydroxyl groups is 1. The van der Waals surface area contributed by atoms with Gasteiger partial charge in [0.25, 0.3) is 0 Å². The number of rotatable bonds is 7. The zero-order valence-corrected chi connectivity index (χ0v) is 18.0. The SMILES string of the molecule is O=C(C[C@@]1(COc2ccc(F)cc2)CN(Cc2ccc(O)cc2)CCO1)N1CCOCC1. The predicted octanol–water partition coefficient (Wildman–Crippen LogP) is 2.43. The van der Waals surface area contributed by atoms with Gasteiger partial charge < -0.3 is 24.2 Å². The number of phenols is 1. The van der Waals surface area contributed by atoms with Crippen molar-refractivity contribution in [1.29, 1.82) is 0 Å². The highest BCUT2D eigenvalue weighted by molar-refractivity contribution is 5.77. The molecule has 2 heterocycles. The molecule has 2 aliphatic rings. The van der Waals surface area contributed by atoms with E-state index >= 15 is 0 Å². The number of nitrogens with zero attached hydrogens (tertiary/aromatic N) is 2. The molecule has 0 radical (unpaired) electrons. The summed E-state index contributed by atoms with van der Waals surface area (Å²) < 4.78 is 30.8. The Morgan fingerprint density at radius 3 is 2.47 bits per heavy atom. The van der Waals surface area contributed by atoms with Crippen molar-refractivity contribution in [1.82, 2.24) is 9.80 Å². The highest BCUT2D eigenvalue weighted by atomic mass is 19.1. The Kier molecular flexibility index (Phi) is 7.24. The minimum atomic E-state index is -0.820. The molecule has 0 saturated carbocycles. The highest BCUT2D eigenvalue weighted by Gasteiger charge is 2.41. The van der Waals surface area contributed by atoms with Crippen LogP contribution in [0, 0.1) is 5.82 Å². The molecule has 0 bridgehead atoms. The van der Waals surface area contributed by atoms with Gasteiger partial charge in [0.15, 0.2) is 0 Å². The third kappa shape index (κ3) is 5.97. The van der Waals surface area contributed by atoms with Crippen molar-refractivity contribution >= 4 is 5.91 Å². The molecule has 0 unspecified atom stereocenters. The van der Waals surface area contributed by atoms with Crippen LogP contribution >= 0.6 is 0 Å². The van der Waals surface area contributed by atoms with Crippen LogP contribution in [-0.4, -0.2) is 79.0 Å². The first-order valence-corrected chi connectivity index (χ1v) is 10.9. The van der Waals surface area contributed by atoms with Gasteiger partial charge in [0.1, 0.15) is 29.5 Å². The molecule has 2 aliphatic heterocycles. The van der Waals surface area contributed by atoms with Crippen molar-refractivity contribution in [3.8, 4) is 11.5 Å². The van der Waals surface area contributed by atoms with Gasteiger partial charge in [-0.15, -0.1) is 0 Å². The molecule has 0 spiro atoms. The molecular formula is C24H29FN2O5. The van der Waals surface area contributed by atoms with Crippen molar-refractivity contribution in [2.75, 3.05) is 52.6 Å². The molecule has 2 aromatic rings. The first kappa shape index (κ1) is 22.5. The van der Waals surface area contributed by atoms with Gasteiger partial charge in [-0.2, -0.15) is 0 Å². The number of hydrogen-bond acceptors (Lipinski definition) is 6. The van der Waals surface area contributed by atoms with E-state index in [0.29, 0.717) is 51.7 Å². The molecule has 172 valence electrons. The van der Waals surface area contributed by atoms with Crippen molar-refractivity contribution < 1.29 is 28.5 Å². The second-order valence-corrected chi connectivity index (χ2v) is 8.32. The number of ether oxygens (including phenoxy) is 3. The number of carbonyl (C=O) groups is 1. The summed E-state index contributed by atoms with van der Waals surface area (Å²) in [4.78, 5) is 17.1. The summed E-state index contributed by atoms with van der Waals surface area (Å²) in [7, 11) is 0. The second-order valence-electron chi connectivity index (χ2n) is 8.32. The summed E-state index contributed by atoms with van der Waals surface area (Å²) in [6, 6.07) is 13.0. The van der Waals surface area contributed by atoms with E-state index in [4.69, 9.17) is 14.2 Å². The van der Waals surface area contributed by atoms with Crippen LogP contribution in [0.4, 0.5) is 4.39 Å². The maximum atomic E-state index is 13.3. The van der Waals surface area contributed by atoms with Crippen LogP contribution in [0.15, 0.2) is 48.5 Å². The van der Waals surface area contributed by atoms with Crippen LogP contribution in [0.1, 0.15) is 12.0 Å². The van der Waals surface area contributed by atoms with E-state index in [1.54, 1.807) is 24.3 Å². The quantitative estimate of drug-likeness (QED) is 0.707. The van der Waals surface area contributed by atoms with E-state index < -0.39 is 5.60 Å². The lowest BCUT2D eigenvalue weighted by molar-refractivity contribution is -0.159. The van der Waals surface area contributed by atoms with Crippen LogP contribution in [0.25, 0.3) is 0 Å². The molecule has 0 aliphatic carbocycles. The first-order valence-electron chi connectivity index (χ1n) is 10.9. The van der Waals surface area contributed by atoms with E-state index in [-0.39, 0.29) is 30.5 Å². The maximum absolute atomic E-state index is 13.3. The average molecular weight is 445 g/mol. The number of halogens is 1. The molecular weight excluding hydrogens is 415 g/mol. The van der Waals surface area contributed by atoms with Gasteiger partial charge in [0.2, 0.25) is 5.91 Å². The van der Waals surface area contributed by atoms with E-state index in [2.05, 4.69) is 4.90 Å². The van der Waals surface area contributed by atoms with Crippen LogP contribution in [0.3, 0.4) is 0 Å². The Bertz CT molecular complexity index is 886. The molecule has 1 N–H and O–H groups in total. The van der Waals surface area contributed by atoms with Crippen LogP contribution in [0.5, 0.6) is 11.5 Å². The van der Waals surface area contributed by atoms with Crippen LogP contribution in [-0.2, 0) is 20.8 Å². The van der Waals surface area contributed by atoms with Crippen molar-refractivity contribution in [3.63, 3.8) is 0 Å². The van der Waals surface area contributed by atoms with Gasteiger partial charge in [0, 0.05) is 32.7 Å².